The lowest BCUT2D eigenvalue weighted by Gasteiger charge is -2.28. The molecule has 0 amide bonds. The lowest BCUT2D eigenvalue weighted by Crippen LogP contribution is -2.28. The molecule has 0 saturated heterocycles. The van der Waals surface area contributed by atoms with Gasteiger partial charge >= 0.3 is 0 Å². The van der Waals surface area contributed by atoms with Crippen LogP contribution < -0.4 is 4.90 Å². The number of fused-ring (bicyclic) bond motifs is 1. The highest BCUT2D eigenvalue weighted by atomic mass is 15.2. The van der Waals surface area contributed by atoms with E-state index in [2.05, 4.69) is 286 Å². The van der Waals surface area contributed by atoms with Crippen LogP contribution in [-0.4, -0.2) is 6.04 Å². The normalized spacial score (nSPS) is 15.3. The van der Waals surface area contributed by atoms with Gasteiger partial charge in [-0.15, -0.1) is 13.2 Å². The zero-order chi connectivity index (χ0) is 50.3. The monoisotopic (exact) mass is 920 g/mol. The third-order valence-corrected chi connectivity index (χ3v) is 13.0. The summed E-state index contributed by atoms with van der Waals surface area (Å²) in [6.07, 6.45) is 28.2. The van der Waals surface area contributed by atoms with E-state index < -0.39 is 0 Å². The van der Waals surface area contributed by atoms with Gasteiger partial charge in [0, 0.05) is 23.8 Å². The molecular formula is C69H77N. The molecular weight excluding hydrogens is 843 g/mol. The summed E-state index contributed by atoms with van der Waals surface area (Å²) in [4.78, 5) is 2.49. The first-order chi connectivity index (χ1) is 34.2. The van der Waals surface area contributed by atoms with Crippen LogP contribution in [0, 0.1) is 12.8 Å². The number of nitrogens with zero attached hydrogens (tertiary/aromatic N) is 1. The van der Waals surface area contributed by atoms with Gasteiger partial charge in [0.05, 0.1) is 0 Å². The van der Waals surface area contributed by atoms with Gasteiger partial charge in [-0.05, 0) is 163 Å². The first-order valence-electron chi connectivity index (χ1n) is 25.3. The van der Waals surface area contributed by atoms with Gasteiger partial charge in [0.25, 0.3) is 0 Å². The van der Waals surface area contributed by atoms with E-state index in [1.165, 1.54) is 83.7 Å². The van der Waals surface area contributed by atoms with Crippen molar-refractivity contribution in [3.63, 3.8) is 0 Å². The highest BCUT2D eigenvalue weighted by molar-refractivity contribution is 5.85. The molecule has 0 radical (unpaired) electrons. The Hall–Kier alpha value is -7.22. The van der Waals surface area contributed by atoms with Crippen LogP contribution in [0.1, 0.15) is 101 Å². The van der Waals surface area contributed by atoms with Crippen LogP contribution in [0.4, 0.5) is 5.69 Å². The second-order valence-electron chi connectivity index (χ2n) is 18.0. The zero-order valence-electron chi connectivity index (χ0n) is 43.4. The molecule has 6 aromatic carbocycles. The number of hydrogen-bond acceptors (Lipinski definition) is 1. The average Bonchev–Trinajstić information content (AvgIpc) is 3.82. The van der Waals surface area contributed by atoms with Crippen molar-refractivity contribution in [2.24, 2.45) is 5.92 Å². The quantitative estimate of drug-likeness (QED) is 0.0824. The maximum Gasteiger partial charge on any atom is 0.0447 e. The third-order valence-electron chi connectivity index (χ3n) is 13.0. The number of hydrogen-bond donors (Lipinski definition) is 0. The summed E-state index contributed by atoms with van der Waals surface area (Å²) in [6, 6.07) is 55.0. The SMILES string of the molecule is C=C.C=C/C=C(\C(C)=C1/Cc2ccccc2N1C(C)C)c1ccccc1C.CCc1ccccc1.C\C=C/C=C(\C=C/C)c1cc(-c2cccc(-c3ccccc3)c2)cc(C(CC)[C@@H]2C=CC=CC2)c1. The number of anilines is 1. The highest BCUT2D eigenvalue weighted by Crippen LogP contribution is 2.41. The summed E-state index contributed by atoms with van der Waals surface area (Å²) in [5.41, 5.74) is 19.7. The van der Waals surface area contributed by atoms with Gasteiger partial charge in [-0.2, -0.15) is 0 Å². The number of allylic oxidation sites excluding steroid dienone is 15. The van der Waals surface area contributed by atoms with Crippen molar-refractivity contribution < 1.29 is 0 Å². The Labute approximate surface area is 423 Å². The maximum atomic E-state index is 3.95. The largest absolute Gasteiger partial charge is 0.342 e. The first-order valence-corrected chi connectivity index (χ1v) is 25.3. The molecule has 1 heterocycles. The Bertz CT molecular complexity index is 2800. The summed E-state index contributed by atoms with van der Waals surface area (Å²) in [7, 11) is 0. The van der Waals surface area contributed by atoms with Crippen LogP contribution >= 0.6 is 0 Å². The Kier molecular flexibility index (Phi) is 21.7. The maximum absolute atomic E-state index is 3.95. The molecule has 1 aliphatic heterocycles. The van der Waals surface area contributed by atoms with E-state index in [9.17, 15) is 0 Å². The fraction of sp³-hybridized carbons (Fsp3) is 0.217. The minimum Gasteiger partial charge on any atom is -0.342 e. The topological polar surface area (TPSA) is 3.24 Å². The predicted molar refractivity (Wildman–Crippen MR) is 311 cm³/mol. The standard InChI is InChI=1S/C35H36.C24H27N.C8H10.C2H4/c1-4-7-16-27(15-5-2)32-24-33(26-34(25-32)35(6-3)29-19-12-9-13-20-29)31-22-14-21-30(23-31)28-17-10-8-11-18-28;1-6-11-22(21-14-9-7-12-18(21)4)19(5)24-16-20-13-8-10-15-23(20)25(24)17(2)3;1-2-8-6-4-3-5-7-8;1-2/h4-5,7-19,21-26,29,35H,6,20H2,1-3H3;6-15,17H,1,16H2,2-5H3;3-7H,2H2,1H3;1-2H2/b7-4-,15-5-,27-16+;22-11+,24-19+;;/t29-,35?;;;/m1.../s1. The van der Waals surface area contributed by atoms with Crippen molar-refractivity contribution >= 4 is 16.8 Å². The second-order valence-corrected chi connectivity index (χ2v) is 18.0. The van der Waals surface area contributed by atoms with Gasteiger partial charge in [-0.1, -0.05) is 221 Å². The Morgan fingerprint density at radius 3 is 1.97 bits per heavy atom. The van der Waals surface area contributed by atoms with Gasteiger partial charge < -0.3 is 4.90 Å². The molecule has 2 atom stereocenters. The minimum atomic E-state index is 0.426. The van der Waals surface area contributed by atoms with Crippen molar-refractivity contribution in [1.29, 1.82) is 0 Å². The molecule has 0 aromatic heterocycles. The second kappa shape index (κ2) is 28.3. The van der Waals surface area contributed by atoms with Gasteiger partial charge in [0.2, 0.25) is 0 Å². The Morgan fingerprint density at radius 1 is 0.700 bits per heavy atom. The number of aryl methyl sites for hydroxylation is 2. The smallest absolute Gasteiger partial charge is 0.0447 e. The molecule has 1 unspecified atom stereocenters. The Morgan fingerprint density at radius 2 is 1.36 bits per heavy atom. The number of rotatable bonds is 13. The van der Waals surface area contributed by atoms with E-state index in [1.54, 1.807) is 0 Å². The van der Waals surface area contributed by atoms with Crippen molar-refractivity contribution in [3.05, 3.63) is 283 Å². The molecule has 8 rings (SSSR count). The number of benzene rings is 6. The van der Waals surface area contributed by atoms with E-state index in [-0.39, 0.29) is 0 Å². The fourth-order valence-corrected chi connectivity index (χ4v) is 9.51. The number of para-hydroxylation sites is 1. The van der Waals surface area contributed by atoms with E-state index in [0.717, 1.165) is 25.7 Å². The summed E-state index contributed by atoms with van der Waals surface area (Å²) in [6.45, 7) is 27.5. The van der Waals surface area contributed by atoms with Gasteiger partial charge in [-0.3, -0.25) is 0 Å². The summed E-state index contributed by atoms with van der Waals surface area (Å²) in [5.74, 6) is 1.02. The molecule has 1 heteroatoms. The average molecular weight is 920 g/mol. The van der Waals surface area contributed by atoms with Gasteiger partial charge in [0.15, 0.2) is 0 Å². The van der Waals surface area contributed by atoms with E-state index in [0.29, 0.717) is 17.9 Å². The van der Waals surface area contributed by atoms with Crippen LogP contribution in [0.25, 0.3) is 33.4 Å². The molecule has 1 nitrogen and oxygen atoms in total. The van der Waals surface area contributed by atoms with Crippen molar-refractivity contribution in [3.8, 4) is 22.3 Å². The van der Waals surface area contributed by atoms with E-state index >= 15 is 0 Å². The molecule has 6 aromatic rings. The molecule has 0 N–H and O–H groups in total. The molecule has 0 fully saturated rings. The van der Waals surface area contributed by atoms with Crippen LogP contribution in [0.3, 0.4) is 0 Å². The van der Waals surface area contributed by atoms with E-state index in [1.807, 2.05) is 12.1 Å². The molecule has 0 spiro atoms. The van der Waals surface area contributed by atoms with Gasteiger partial charge in [-0.25, -0.2) is 0 Å². The molecule has 0 bridgehead atoms. The van der Waals surface area contributed by atoms with E-state index in [4.69, 9.17) is 0 Å². The summed E-state index contributed by atoms with van der Waals surface area (Å²) in [5, 5.41) is 0. The van der Waals surface area contributed by atoms with Crippen LogP contribution in [0.5, 0.6) is 0 Å². The third kappa shape index (κ3) is 14.4. The first kappa shape index (κ1) is 53.7. The minimum absolute atomic E-state index is 0.426. The molecule has 2 aliphatic rings. The van der Waals surface area contributed by atoms with Crippen molar-refractivity contribution in [1.82, 2.24) is 0 Å². The predicted octanol–water partition coefficient (Wildman–Crippen LogP) is 19.5. The lowest BCUT2D eigenvalue weighted by molar-refractivity contribution is 0.495. The zero-order valence-corrected chi connectivity index (χ0v) is 43.4. The lowest BCUT2D eigenvalue weighted by atomic mass is 9.79. The summed E-state index contributed by atoms with van der Waals surface area (Å²) >= 11 is 0. The molecule has 0 saturated carbocycles. The Balaban J connectivity index is 0.000000226. The molecule has 70 heavy (non-hydrogen) atoms. The summed E-state index contributed by atoms with van der Waals surface area (Å²) < 4.78 is 0. The molecule has 358 valence electrons. The molecule has 1 aliphatic carbocycles. The van der Waals surface area contributed by atoms with Crippen LogP contribution in [0.2, 0.25) is 0 Å². The van der Waals surface area contributed by atoms with Crippen molar-refractivity contribution in [2.45, 2.75) is 93.0 Å². The van der Waals surface area contributed by atoms with Crippen LogP contribution in [0.15, 0.2) is 250 Å². The van der Waals surface area contributed by atoms with Crippen molar-refractivity contribution in [2.75, 3.05) is 4.90 Å². The van der Waals surface area contributed by atoms with Gasteiger partial charge in [0.1, 0.15) is 0 Å². The fourth-order valence-electron chi connectivity index (χ4n) is 9.51. The highest BCUT2D eigenvalue weighted by Gasteiger charge is 2.28. The van der Waals surface area contributed by atoms with Crippen LogP contribution in [-0.2, 0) is 12.8 Å².